The Morgan fingerprint density at radius 3 is 2.39 bits per heavy atom. The number of nitrogens with zero attached hydrogens (tertiary/aromatic N) is 2. The summed E-state index contributed by atoms with van der Waals surface area (Å²) in [5, 5.41) is 13.1. The second-order valence-corrected chi connectivity index (χ2v) is 5.14. The van der Waals surface area contributed by atoms with Crippen LogP contribution in [-0.2, 0) is 10.0 Å². The number of aryl methyl sites for hydroxylation is 1. The van der Waals surface area contributed by atoms with E-state index in [0.29, 0.717) is 5.56 Å². The summed E-state index contributed by atoms with van der Waals surface area (Å²) in [6, 6.07) is 8.72. The minimum absolute atomic E-state index is 0.0515. The van der Waals surface area contributed by atoms with Crippen molar-refractivity contribution in [3.05, 3.63) is 35.5 Å². The number of nitrogens with two attached hydrogens (primary N) is 1. The third-order valence-corrected chi connectivity index (χ3v) is 3.05. The van der Waals surface area contributed by atoms with Gasteiger partial charge >= 0.3 is 0 Å². The maximum Gasteiger partial charge on any atom is 0.274 e. The number of benzene rings is 1. The standard InChI is InChI=1S/C11H9N3O3S/c1-7-2-4-8(5-3-7)10-14-9(6-12)11(17-10)18(13,15)16/h2-5H,1H3,(H2,13,15,16). The van der Waals surface area contributed by atoms with Gasteiger partial charge in [-0.1, -0.05) is 17.7 Å². The summed E-state index contributed by atoms with van der Waals surface area (Å²) < 4.78 is 27.5. The maximum absolute atomic E-state index is 11.2. The van der Waals surface area contributed by atoms with Crippen molar-refractivity contribution in [3.63, 3.8) is 0 Å². The topological polar surface area (TPSA) is 110 Å². The van der Waals surface area contributed by atoms with Crippen molar-refractivity contribution < 1.29 is 12.8 Å². The summed E-state index contributed by atoms with van der Waals surface area (Å²) >= 11 is 0. The molecule has 0 unspecified atom stereocenters. The van der Waals surface area contributed by atoms with Gasteiger partial charge in [-0.05, 0) is 19.1 Å². The van der Waals surface area contributed by atoms with E-state index in [2.05, 4.69) is 4.98 Å². The highest BCUT2D eigenvalue weighted by atomic mass is 32.2. The largest absolute Gasteiger partial charge is 0.422 e. The van der Waals surface area contributed by atoms with Gasteiger partial charge in [0, 0.05) is 5.56 Å². The minimum Gasteiger partial charge on any atom is -0.422 e. The minimum atomic E-state index is -4.09. The summed E-state index contributed by atoms with van der Waals surface area (Å²) in [6.45, 7) is 1.91. The molecule has 0 radical (unpaired) electrons. The van der Waals surface area contributed by atoms with E-state index in [4.69, 9.17) is 14.8 Å². The average molecular weight is 263 g/mol. The molecule has 7 heteroatoms. The van der Waals surface area contributed by atoms with Gasteiger partial charge in [-0.25, -0.2) is 13.6 Å². The molecule has 1 aromatic carbocycles. The zero-order chi connectivity index (χ0) is 13.3. The predicted molar refractivity (Wildman–Crippen MR) is 62.8 cm³/mol. The van der Waals surface area contributed by atoms with E-state index < -0.39 is 15.1 Å². The molecule has 0 spiro atoms. The van der Waals surface area contributed by atoms with Crippen LogP contribution >= 0.6 is 0 Å². The molecule has 1 aromatic heterocycles. The van der Waals surface area contributed by atoms with Gasteiger partial charge in [0.2, 0.25) is 5.89 Å². The van der Waals surface area contributed by atoms with Gasteiger partial charge in [-0.15, -0.1) is 0 Å². The number of oxazole rings is 1. The molecule has 2 aromatic rings. The molecule has 0 saturated heterocycles. The zero-order valence-corrected chi connectivity index (χ0v) is 10.2. The van der Waals surface area contributed by atoms with Crippen LogP contribution in [0.5, 0.6) is 0 Å². The van der Waals surface area contributed by atoms with Crippen molar-refractivity contribution in [1.29, 1.82) is 5.26 Å². The smallest absolute Gasteiger partial charge is 0.274 e. The van der Waals surface area contributed by atoms with Crippen molar-refractivity contribution >= 4 is 10.0 Å². The molecule has 0 fully saturated rings. The molecule has 0 saturated carbocycles. The number of hydrogen-bond acceptors (Lipinski definition) is 5. The van der Waals surface area contributed by atoms with Crippen LogP contribution in [0.4, 0.5) is 0 Å². The molecule has 0 amide bonds. The normalized spacial score (nSPS) is 11.2. The first-order valence-corrected chi connectivity index (χ1v) is 6.47. The lowest BCUT2D eigenvalue weighted by molar-refractivity contribution is 0.458. The SMILES string of the molecule is Cc1ccc(-c2nc(C#N)c(S(N)(=O)=O)o2)cc1. The molecule has 2 rings (SSSR count). The highest BCUT2D eigenvalue weighted by Crippen LogP contribution is 2.24. The maximum atomic E-state index is 11.2. The van der Waals surface area contributed by atoms with Crippen LogP contribution in [0.25, 0.3) is 11.5 Å². The lowest BCUT2D eigenvalue weighted by atomic mass is 10.1. The second kappa shape index (κ2) is 4.25. The van der Waals surface area contributed by atoms with Crippen LogP contribution < -0.4 is 5.14 Å². The molecule has 18 heavy (non-hydrogen) atoms. The average Bonchev–Trinajstić information content (AvgIpc) is 2.73. The first kappa shape index (κ1) is 12.3. The molecule has 0 atom stereocenters. The Bertz CT molecular complexity index is 724. The fourth-order valence-corrected chi connectivity index (χ4v) is 1.95. The lowest BCUT2D eigenvalue weighted by Crippen LogP contribution is -2.12. The Labute approximate surface area is 104 Å². The lowest BCUT2D eigenvalue weighted by Gasteiger charge is -1.95. The molecule has 1 heterocycles. The highest BCUT2D eigenvalue weighted by molar-refractivity contribution is 7.89. The van der Waals surface area contributed by atoms with Crippen LogP contribution in [0.3, 0.4) is 0 Å². The van der Waals surface area contributed by atoms with E-state index in [0.717, 1.165) is 5.56 Å². The number of primary sulfonamides is 1. The number of rotatable bonds is 2. The number of aromatic nitrogens is 1. The fraction of sp³-hybridized carbons (Fsp3) is 0.0909. The first-order valence-electron chi connectivity index (χ1n) is 4.92. The molecule has 0 aliphatic carbocycles. The van der Waals surface area contributed by atoms with Crippen molar-refractivity contribution in [3.8, 4) is 17.5 Å². The van der Waals surface area contributed by atoms with Gasteiger partial charge in [-0.2, -0.15) is 10.2 Å². The third kappa shape index (κ3) is 2.25. The van der Waals surface area contributed by atoms with Crippen LogP contribution in [0, 0.1) is 18.3 Å². The number of sulfonamides is 1. The molecular weight excluding hydrogens is 254 g/mol. The van der Waals surface area contributed by atoms with Crippen LogP contribution in [0.2, 0.25) is 0 Å². The Morgan fingerprint density at radius 2 is 1.94 bits per heavy atom. The highest BCUT2D eigenvalue weighted by Gasteiger charge is 2.23. The Kier molecular flexibility index (Phi) is 2.90. The van der Waals surface area contributed by atoms with E-state index in [1.807, 2.05) is 19.1 Å². The van der Waals surface area contributed by atoms with E-state index >= 15 is 0 Å². The molecule has 0 bridgehead atoms. The van der Waals surface area contributed by atoms with Gasteiger partial charge < -0.3 is 4.42 Å². The molecule has 2 N–H and O–H groups in total. The van der Waals surface area contributed by atoms with Crippen LogP contribution in [0.1, 0.15) is 11.3 Å². The molecule has 0 aliphatic rings. The van der Waals surface area contributed by atoms with Gasteiger partial charge in [0.25, 0.3) is 15.1 Å². The zero-order valence-electron chi connectivity index (χ0n) is 9.41. The molecular formula is C11H9N3O3S. The molecule has 0 aliphatic heterocycles. The second-order valence-electron chi connectivity index (χ2n) is 3.68. The third-order valence-electron chi connectivity index (χ3n) is 2.26. The van der Waals surface area contributed by atoms with Gasteiger partial charge in [0.15, 0.2) is 5.69 Å². The van der Waals surface area contributed by atoms with Gasteiger partial charge in [0.05, 0.1) is 0 Å². The quantitative estimate of drug-likeness (QED) is 0.874. The summed E-state index contributed by atoms with van der Waals surface area (Å²) in [5.74, 6) is 0.0515. The van der Waals surface area contributed by atoms with Gasteiger partial charge in [0.1, 0.15) is 6.07 Å². The summed E-state index contributed by atoms with van der Waals surface area (Å²) in [5.41, 5.74) is 1.28. The molecule has 92 valence electrons. The van der Waals surface area contributed by atoms with Crippen LogP contribution in [0.15, 0.2) is 33.8 Å². The Hall–Kier alpha value is -2.17. The van der Waals surface area contributed by atoms with E-state index in [-0.39, 0.29) is 11.6 Å². The number of hydrogen-bond donors (Lipinski definition) is 1. The van der Waals surface area contributed by atoms with E-state index in [9.17, 15) is 8.42 Å². The van der Waals surface area contributed by atoms with Crippen molar-refractivity contribution in [2.45, 2.75) is 12.0 Å². The van der Waals surface area contributed by atoms with Crippen molar-refractivity contribution in [2.75, 3.05) is 0 Å². The molecule has 6 nitrogen and oxygen atoms in total. The number of nitriles is 1. The van der Waals surface area contributed by atoms with Crippen molar-refractivity contribution in [2.24, 2.45) is 5.14 Å². The Balaban J connectivity index is 2.59. The van der Waals surface area contributed by atoms with Crippen molar-refractivity contribution in [1.82, 2.24) is 4.98 Å². The van der Waals surface area contributed by atoms with E-state index in [1.165, 1.54) is 0 Å². The van der Waals surface area contributed by atoms with Gasteiger partial charge in [-0.3, -0.25) is 0 Å². The summed E-state index contributed by atoms with van der Waals surface area (Å²) in [4.78, 5) is 3.81. The predicted octanol–water partition coefficient (Wildman–Crippen LogP) is 1.17. The monoisotopic (exact) mass is 263 g/mol. The Morgan fingerprint density at radius 1 is 1.33 bits per heavy atom. The first-order chi connectivity index (χ1) is 8.41. The summed E-state index contributed by atoms with van der Waals surface area (Å²) in [6.07, 6.45) is 0. The van der Waals surface area contributed by atoms with E-state index in [1.54, 1.807) is 18.2 Å². The van der Waals surface area contributed by atoms with Crippen LogP contribution in [-0.4, -0.2) is 13.4 Å². The summed E-state index contributed by atoms with van der Waals surface area (Å²) in [7, 11) is -4.09. The fourth-order valence-electron chi connectivity index (χ4n) is 1.39.